The van der Waals surface area contributed by atoms with Gasteiger partial charge in [-0.1, -0.05) is 30.3 Å². The fourth-order valence-corrected chi connectivity index (χ4v) is 3.96. The number of carbonyl (C=O) groups is 1. The van der Waals surface area contributed by atoms with Gasteiger partial charge >= 0.3 is 0 Å². The Hall–Kier alpha value is -1.79. The summed E-state index contributed by atoms with van der Waals surface area (Å²) >= 11 is 1.96. The molecule has 2 aromatic rings. The highest BCUT2D eigenvalue weighted by Gasteiger charge is 2.28. The van der Waals surface area contributed by atoms with Crippen LogP contribution in [0.5, 0.6) is 0 Å². The highest BCUT2D eigenvalue weighted by molar-refractivity contribution is 7.99. The van der Waals surface area contributed by atoms with Gasteiger partial charge in [0.2, 0.25) is 5.91 Å². The molecule has 24 heavy (non-hydrogen) atoms. The van der Waals surface area contributed by atoms with Gasteiger partial charge in [-0.05, 0) is 5.56 Å². The number of benzene rings is 1. The van der Waals surface area contributed by atoms with Crippen molar-refractivity contribution < 1.29 is 4.79 Å². The van der Waals surface area contributed by atoms with E-state index in [2.05, 4.69) is 15.2 Å². The molecule has 1 aromatic heterocycles. The number of nitrogens with zero attached hydrogens (tertiary/aromatic N) is 3. The summed E-state index contributed by atoms with van der Waals surface area (Å²) < 4.78 is 1.99. The number of imidazole rings is 1. The van der Waals surface area contributed by atoms with Crippen molar-refractivity contribution in [3.05, 3.63) is 54.1 Å². The molecule has 1 N–H and O–H groups in total. The number of hydrogen-bond donors (Lipinski definition) is 1. The lowest BCUT2D eigenvalue weighted by Crippen LogP contribution is -2.44. The molecule has 0 unspecified atom stereocenters. The Balaban J connectivity index is 1.65. The van der Waals surface area contributed by atoms with Crippen molar-refractivity contribution in [3.8, 4) is 0 Å². The predicted molar refractivity (Wildman–Crippen MR) is 98.0 cm³/mol. The second-order valence-corrected chi connectivity index (χ2v) is 7.18. The number of aryl methyl sites for hydroxylation is 1. The van der Waals surface area contributed by atoms with Crippen molar-refractivity contribution in [2.75, 3.05) is 31.1 Å². The van der Waals surface area contributed by atoms with Crippen molar-refractivity contribution in [2.24, 2.45) is 7.05 Å². The van der Waals surface area contributed by atoms with Crippen molar-refractivity contribution in [3.63, 3.8) is 0 Å². The number of carbonyl (C=O) groups excluding carboxylic acids is 1. The normalized spacial score (nSPS) is 16.7. The first-order chi connectivity index (χ1) is 11.8. The van der Waals surface area contributed by atoms with E-state index in [9.17, 15) is 4.79 Å². The van der Waals surface area contributed by atoms with Crippen LogP contribution in [0.15, 0.2) is 42.7 Å². The molecule has 0 aliphatic carbocycles. The molecule has 3 rings (SSSR count). The molecule has 2 heterocycles. The van der Waals surface area contributed by atoms with Gasteiger partial charge < -0.3 is 9.88 Å². The summed E-state index contributed by atoms with van der Waals surface area (Å²) in [5.41, 5.74) is 1.07. The van der Waals surface area contributed by atoms with Crippen molar-refractivity contribution in [1.82, 2.24) is 19.8 Å². The number of thioether (sulfide) groups is 1. The number of hydrogen-bond acceptors (Lipinski definition) is 4. The van der Waals surface area contributed by atoms with Crippen molar-refractivity contribution in [1.29, 1.82) is 0 Å². The van der Waals surface area contributed by atoms with Gasteiger partial charge in [0.15, 0.2) is 0 Å². The topological polar surface area (TPSA) is 50.2 Å². The zero-order chi connectivity index (χ0) is 16.8. The molecule has 1 aliphatic rings. The summed E-state index contributed by atoms with van der Waals surface area (Å²) in [7, 11) is 1.97. The fourth-order valence-electron chi connectivity index (χ4n) is 3.03. The van der Waals surface area contributed by atoms with Gasteiger partial charge in [0.05, 0.1) is 0 Å². The smallest absolute Gasteiger partial charge is 0.241 e. The number of aromatic nitrogens is 2. The zero-order valence-corrected chi connectivity index (χ0v) is 14.8. The number of amides is 1. The molecule has 0 saturated carbocycles. The molecule has 1 aliphatic heterocycles. The third-order valence-corrected chi connectivity index (χ3v) is 5.29. The monoisotopic (exact) mass is 344 g/mol. The van der Waals surface area contributed by atoms with Crippen LogP contribution in [0.4, 0.5) is 0 Å². The first-order valence-electron chi connectivity index (χ1n) is 8.36. The van der Waals surface area contributed by atoms with E-state index in [1.807, 2.05) is 59.9 Å². The van der Waals surface area contributed by atoms with Gasteiger partial charge in [-0.25, -0.2) is 4.98 Å². The molecule has 5 nitrogen and oxygen atoms in total. The van der Waals surface area contributed by atoms with Crippen LogP contribution in [0.1, 0.15) is 17.4 Å². The minimum Gasteiger partial charge on any atom is -0.354 e. The van der Waals surface area contributed by atoms with Gasteiger partial charge in [0, 0.05) is 57.0 Å². The second kappa shape index (κ2) is 8.35. The lowest BCUT2D eigenvalue weighted by Gasteiger charge is -2.33. The van der Waals surface area contributed by atoms with Crippen molar-refractivity contribution in [2.45, 2.75) is 12.5 Å². The molecule has 0 bridgehead atoms. The van der Waals surface area contributed by atoms with Crippen LogP contribution in [-0.4, -0.2) is 51.5 Å². The van der Waals surface area contributed by atoms with Gasteiger partial charge in [0.25, 0.3) is 0 Å². The highest BCUT2D eigenvalue weighted by atomic mass is 32.2. The average Bonchev–Trinajstić information content (AvgIpc) is 3.02. The average molecular weight is 344 g/mol. The first kappa shape index (κ1) is 17.0. The summed E-state index contributed by atoms with van der Waals surface area (Å²) in [6.07, 6.45) is 4.46. The lowest BCUT2D eigenvalue weighted by molar-refractivity contribution is -0.126. The summed E-state index contributed by atoms with van der Waals surface area (Å²) in [4.78, 5) is 19.5. The number of nitrogens with one attached hydrogen (secondary N) is 1. The maximum atomic E-state index is 12.9. The first-order valence-corrected chi connectivity index (χ1v) is 9.52. The summed E-state index contributed by atoms with van der Waals surface area (Å²) in [5, 5.41) is 3.10. The molecule has 1 fully saturated rings. The summed E-state index contributed by atoms with van der Waals surface area (Å²) in [6, 6.07) is 9.89. The second-order valence-electron chi connectivity index (χ2n) is 5.96. The highest BCUT2D eigenvalue weighted by Crippen LogP contribution is 2.24. The maximum Gasteiger partial charge on any atom is 0.241 e. The quantitative estimate of drug-likeness (QED) is 0.869. The lowest BCUT2D eigenvalue weighted by atomic mass is 10.0. The van der Waals surface area contributed by atoms with E-state index in [1.54, 1.807) is 6.20 Å². The third kappa shape index (κ3) is 4.19. The largest absolute Gasteiger partial charge is 0.354 e. The van der Waals surface area contributed by atoms with Crippen LogP contribution in [0.3, 0.4) is 0 Å². The molecule has 128 valence electrons. The minimum atomic E-state index is -0.200. The molecule has 6 heteroatoms. The van der Waals surface area contributed by atoms with E-state index in [0.717, 1.165) is 42.4 Å². The van der Waals surface area contributed by atoms with Crippen molar-refractivity contribution >= 4 is 17.7 Å². The van der Waals surface area contributed by atoms with E-state index in [4.69, 9.17) is 0 Å². The fraction of sp³-hybridized carbons (Fsp3) is 0.444. The Labute approximate surface area is 147 Å². The summed E-state index contributed by atoms with van der Waals surface area (Å²) in [5.74, 6) is 3.25. The van der Waals surface area contributed by atoms with E-state index < -0.39 is 0 Å². The standard InChI is InChI=1S/C18H24N4OS/c1-21-10-9-19-16(21)7-8-20-18(23)17(15-5-3-2-4-6-15)22-11-13-24-14-12-22/h2-6,9-10,17H,7-8,11-14H2,1H3,(H,20,23)/t17-/m1/s1. The predicted octanol–water partition coefficient (Wildman–Crippen LogP) is 1.87. The summed E-state index contributed by atoms with van der Waals surface area (Å²) in [6.45, 7) is 2.52. The molecule has 0 spiro atoms. The number of rotatable bonds is 6. The van der Waals surface area contributed by atoms with Gasteiger partial charge in [-0.15, -0.1) is 0 Å². The van der Waals surface area contributed by atoms with Crippen LogP contribution >= 0.6 is 11.8 Å². The molecule has 0 radical (unpaired) electrons. The van der Waals surface area contributed by atoms with Crippen LogP contribution in [0.25, 0.3) is 0 Å². The molecular formula is C18H24N4OS. The Bertz CT molecular complexity index is 652. The molecule has 1 aromatic carbocycles. The molecular weight excluding hydrogens is 320 g/mol. The zero-order valence-electron chi connectivity index (χ0n) is 14.0. The Kier molecular flexibility index (Phi) is 5.93. The van der Waals surface area contributed by atoms with Gasteiger partial charge in [-0.3, -0.25) is 9.69 Å². The van der Waals surface area contributed by atoms with Crippen LogP contribution in [-0.2, 0) is 18.3 Å². The van der Waals surface area contributed by atoms with Crippen LogP contribution < -0.4 is 5.32 Å². The van der Waals surface area contributed by atoms with Crippen LogP contribution in [0.2, 0.25) is 0 Å². The molecule has 1 atom stereocenters. The third-order valence-electron chi connectivity index (χ3n) is 4.34. The molecule has 1 saturated heterocycles. The Morgan fingerprint density at radius 3 is 2.71 bits per heavy atom. The van der Waals surface area contributed by atoms with Crippen LogP contribution in [0, 0.1) is 0 Å². The van der Waals surface area contributed by atoms with E-state index in [-0.39, 0.29) is 11.9 Å². The maximum absolute atomic E-state index is 12.9. The Morgan fingerprint density at radius 1 is 1.29 bits per heavy atom. The minimum absolute atomic E-state index is 0.0855. The van der Waals surface area contributed by atoms with E-state index in [1.165, 1.54) is 0 Å². The SMILES string of the molecule is Cn1ccnc1CCNC(=O)[C@@H](c1ccccc1)N1CCSCC1. The van der Waals surface area contributed by atoms with E-state index >= 15 is 0 Å². The van der Waals surface area contributed by atoms with E-state index in [0.29, 0.717) is 6.54 Å². The molecule has 1 amide bonds. The van der Waals surface area contributed by atoms with Gasteiger partial charge in [0.1, 0.15) is 11.9 Å². The Morgan fingerprint density at radius 2 is 2.04 bits per heavy atom. The van der Waals surface area contributed by atoms with Gasteiger partial charge in [-0.2, -0.15) is 11.8 Å².